The summed E-state index contributed by atoms with van der Waals surface area (Å²) < 4.78 is 106. The number of rotatable bonds is 13. The first-order chi connectivity index (χ1) is 20.3. The third-order valence-corrected chi connectivity index (χ3v) is 6.95. The van der Waals surface area contributed by atoms with Crippen molar-refractivity contribution in [1.29, 1.82) is 0 Å². The van der Waals surface area contributed by atoms with E-state index in [0.29, 0.717) is 14.2 Å². The van der Waals surface area contributed by atoms with Crippen LogP contribution >= 0.6 is 0 Å². The van der Waals surface area contributed by atoms with Crippen LogP contribution in [0.25, 0.3) is 0 Å². The first kappa shape index (κ1) is 36.7. The Morgan fingerprint density at radius 3 is 1.57 bits per heavy atom. The zero-order chi connectivity index (χ0) is 33.6. The fourth-order valence-corrected chi connectivity index (χ4v) is 4.22. The highest BCUT2D eigenvalue weighted by Gasteiger charge is 2.65. The Kier molecular flexibility index (Phi) is 11.8. The number of carbonyl (C=O) groups is 2. The Morgan fingerprint density at radius 2 is 1.20 bits per heavy atom. The van der Waals surface area contributed by atoms with Crippen molar-refractivity contribution in [1.82, 2.24) is 0 Å². The number of hydrogen-bond donors (Lipinski definition) is 2. The quantitative estimate of drug-likeness (QED) is 0.177. The number of alkyl halides is 6. The van der Waals surface area contributed by atoms with Crippen LogP contribution < -0.4 is 0 Å². The van der Waals surface area contributed by atoms with Crippen molar-refractivity contribution in [3.05, 3.63) is 83.4 Å². The van der Waals surface area contributed by atoms with Gasteiger partial charge >= 0.3 is 24.3 Å². The van der Waals surface area contributed by atoms with Crippen LogP contribution in [0.15, 0.2) is 72.3 Å². The summed E-state index contributed by atoms with van der Waals surface area (Å²) >= 11 is 0. The maximum absolute atomic E-state index is 14.5. The summed E-state index contributed by atoms with van der Waals surface area (Å²) in [6.07, 6.45) is -13.2. The first-order valence-electron chi connectivity index (χ1n) is 13.1. The van der Waals surface area contributed by atoms with Crippen LogP contribution in [0.4, 0.5) is 26.3 Å². The number of aliphatic hydroxyl groups is 2. The van der Waals surface area contributed by atoms with E-state index >= 15 is 0 Å². The van der Waals surface area contributed by atoms with E-state index in [1.807, 2.05) is 0 Å². The van der Waals surface area contributed by atoms with Crippen molar-refractivity contribution < 1.29 is 65.1 Å². The number of aliphatic hydroxyl groups excluding tert-OH is 1. The molecule has 0 fully saturated rings. The van der Waals surface area contributed by atoms with E-state index in [9.17, 15) is 46.1 Å². The number of ether oxygens (including phenoxy) is 4. The molecule has 0 aliphatic carbocycles. The highest BCUT2D eigenvalue weighted by molar-refractivity contribution is 5.84. The molecule has 0 aliphatic heterocycles. The van der Waals surface area contributed by atoms with Gasteiger partial charge in [0.1, 0.15) is 6.61 Å². The molecule has 0 aliphatic rings. The third kappa shape index (κ3) is 7.60. The maximum atomic E-state index is 14.5. The molecule has 14 heteroatoms. The monoisotopic (exact) mass is 636 g/mol. The van der Waals surface area contributed by atoms with Crippen molar-refractivity contribution in [2.24, 2.45) is 0 Å². The molecule has 0 unspecified atom stereocenters. The Labute approximate surface area is 250 Å². The molecule has 0 saturated carbocycles. The summed E-state index contributed by atoms with van der Waals surface area (Å²) in [4.78, 5) is 26.4. The van der Waals surface area contributed by atoms with Gasteiger partial charge in [0, 0.05) is 25.3 Å². The third-order valence-electron chi connectivity index (χ3n) is 6.95. The van der Waals surface area contributed by atoms with Crippen LogP contribution in [0.2, 0.25) is 0 Å². The second kappa shape index (κ2) is 14.1. The Morgan fingerprint density at radius 1 is 0.795 bits per heavy atom. The lowest BCUT2D eigenvalue weighted by Crippen LogP contribution is -2.54. The number of hydrogen-bond acceptors (Lipinski definition) is 8. The average molecular weight is 637 g/mol. The molecule has 44 heavy (non-hydrogen) atoms. The SMILES string of the molecule is CO[C@@](C(=O)OC[C@@H](OC(=O)[C@](OC)(c1ccccc1)C(F)(F)F)/C(C)=C/C[C@H](O)C(C)(C)O)(c1ccccc1)C(F)(F)F. The largest absolute Gasteiger partial charge is 0.459 e. The van der Waals surface area contributed by atoms with Gasteiger partial charge in [0.25, 0.3) is 11.2 Å². The zero-order valence-electron chi connectivity index (χ0n) is 24.5. The molecule has 4 atom stereocenters. The molecular formula is C30H34F6O8. The van der Waals surface area contributed by atoms with Gasteiger partial charge in [0.05, 0.1) is 11.7 Å². The molecule has 0 aromatic heterocycles. The maximum Gasteiger partial charge on any atom is 0.432 e. The fourth-order valence-electron chi connectivity index (χ4n) is 4.22. The van der Waals surface area contributed by atoms with Crippen molar-refractivity contribution >= 4 is 11.9 Å². The van der Waals surface area contributed by atoms with Crippen LogP contribution in [0.5, 0.6) is 0 Å². The van der Waals surface area contributed by atoms with Crippen molar-refractivity contribution in [2.75, 3.05) is 20.8 Å². The summed E-state index contributed by atoms with van der Waals surface area (Å²) in [5, 5.41) is 20.2. The molecule has 0 heterocycles. The summed E-state index contributed by atoms with van der Waals surface area (Å²) in [5.41, 5.74) is -10.4. The Bertz CT molecular complexity index is 1270. The van der Waals surface area contributed by atoms with E-state index in [1.165, 1.54) is 63.2 Å². The molecule has 2 aromatic rings. The molecule has 0 amide bonds. The normalized spacial score (nSPS) is 17.2. The van der Waals surface area contributed by atoms with Gasteiger partial charge in [-0.1, -0.05) is 66.7 Å². The predicted molar refractivity (Wildman–Crippen MR) is 144 cm³/mol. The molecule has 2 aromatic carbocycles. The summed E-state index contributed by atoms with van der Waals surface area (Å²) in [6.45, 7) is 2.59. The number of methoxy groups -OCH3 is 2. The van der Waals surface area contributed by atoms with Crippen LogP contribution in [-0.2, 0) is 39.7 Å². The standard InChI is InChI=1S/C30H34F6O8/c1-19(16-17-23(37)26(2,3)40)22(44-25(39)28(42-5,30(34,35)36)21-14-10-7-11-15-21)18-43-24(38)27(41-4,29(31,32)33)20-12-8-6-9-13-20/h6-16,22-23,37,40H,17-18H2,1-5H3/b19-16+/t22-,23+,27-,28-/m1/s1. The topological polar surface area (TPSA) is 112 Å². The highest BCUT2D eigenvalue weighted by Crippen LogP contribution is 2.44. The minimum Gasteiger partial charge on any atom is -0.459 e. The fraction of sp³-hybridized carbons (Fsp3) is 0.467. The van der Waals surface area contributed by atoms with Crippen molar-refractivity contribution in [3.63, 3.8) is 0 Å². The number of carbonyl (C=O) groups excluding carboxylic acids is 2. The molecule has 0 radical (unpaired) electrons. The van der Waals surface area contributed by atoms with Crippen molar-refractivity contribution in [3.8, 4) is 0 Å². The summed E-state index contributed by atoms with van der Waals surface area (Å²) in [5.74, 6) is -3.99. The molecule has 0 saturated heterocycles. The predicted octanol–water partition coefficient (Wildman–Crippen LogP) is 5.12. The zero-order valence-corrected chi connectivity index (χ0v) is 24.5. The minimum absolute atomic E-state index is 0.121. The number of esters is 2. The Hall–Kier alpha value is -3.46. The van der Waals surface area contributed by atoms with E-state index in [0.717, 1.165) is 24.3 Å². The lowest BCUT2D eigenvalue weighted by Gasteiger charge is -2.35. The van der Waals surface area contributed by atoms with Gasteiger partial charge in [0.15, 0.2) is 6.10 Å². The molecule has 0 bridgehead atoms. The Balaban J connectivity index is 2.56. The van der Waals surface area contributed by atoms with Gasteiger partial charge in [-0.3, -0.25) is 0 Å². The lowest BCUT2D eigenvalue weighted by atomic mass is 9.92. The molecular weight excluding hydrogens is 602 g/mol. The van der Waals surface area contributed by atoms with E-state index in [1.54, 1.807) is 0 Å². The van der Waals surface area contributed by atoms with Gasteiger partial charge < -0.3 is 29.2 Å². The van der Waals surface area contributed by atoms with Crippen LogP contribution in [0, 0.1) is 0 Å². The molecule has 244 valence electrons. The minimum atomic E-state index is -5.38. The van der Waals surface area contributed by atoms with Gasteiger partial charge in [-0.15, -0.1) is 0 Å². The summed E-state index contributed by atoms with van der Waals surface area (Å²) in [7, 11) is 1.24. The van der Waals surface area contributed by atoms with Crippen LogP contribution in [0.3, 0.4) is 0 Å². The van der Waals surface area contributed by atoms with E-state index < -0.39 is 71.0 Å². The molecule has 8 nitrogen and oxygen atoms in total. The lowest BCUT2D eigenvalue weighted by molar-refractivity contribution is -0.281. The number of halogens is 6. The van der Waals surface area contributed by atoms with Crippen LogP contribution in [-0.4, -0.2) is 73.1 Å². The average Bonchev–Trinajstić information content (AvgIpc) is 2.94. The van der Waals surface area contributed by atoms with Gasteiger partial charge in [0.2, 0.25) is 0 Å². The smallest absolute Gasteiger partial charge is 0.432 e. The van der Waals surface area contributed by atoms with Crippen molar-refractivity contribution in [2.45, 2.75) is 68.6 Å². The first-order valence-corrected chi connectivity index (χ1v) is 13.1. The van der Waals surface area contributed by atoms with E-state index in [-0.39, 0.29) is 12.0 Å². The van der Waals surface area contributed by atoms with Gasteiger partial charge in [-0.25, -0.2) is 9.59 Å². The molecule has 2 N–H and O–H groups in total. The van der Waals surface area contributed by atoms with E-state index in [2.05, 4.69) is 4.74 Å². The summed E-state index contributed by atoms with van der Waals surface area (Å²) in [6, 6.07) is 11.5. The van der Waals surface area contributed by atoms with Crippen LogP contribution in [0.1, 0.15) is 38.3 Å². The van der Waals surface area contributed by atoms with Gasteiger partial charge in [-0.05, 0) is 32.8 Å². The second-order valence-electron chi connectivity index (χ2n) is 10.3. The highest BCUT2D eigenvalue weighted by atomic mass is 19.4. The molecule has 2 rings (SSSR count). The molecule has 0 spiro atoms. The number of benzene rings is 2. The van der Waals surface area contributed by atoms with E-state index in [4.69, 9.17) is 14.2 Å². The van der Waals surface area contributed by atoms with Gasteiger partial charge in [-0.2, -0.15) is 26.3 Å². The second-order valence-corrected chi connectivity index (χ2v) is 10.3.